The molecule has 2 atom stereocenters. The summed E-state index contributed by atoms with van der Waals surface area (Å²) in [7, 11) is 0. The first kappa shape index (κ1) is 12.5. The van der Waals surface area contributed by atoms with Crippen LogP contribution in [0.15, 0.2) is 30.3 Å². The van der Waals surface area contributed by atoms with E-state index in [0.29, 0.717) is 11.9 Å². The van der Waals surface area contributed by atoms with Crippen molar-refractivity contribution >= 4 is 11.6 Å². The van der Waals surface area contributed by atoms with Gasteiger partial charge in [-0.25, -0.2) is 0 Å². The van der Waals surface area contributed by atoms with Gasteiger partial charge in [-0.1, -0.05) is 43.7 Å². The Balaban J connectivity index is 2.56. The SMILES string of the molecule is CCCC(C)NC(CCl)c1ccccc1. The Labute approximate surface area is 97.8 Å². The van der Waals surface area contributed by atoms with E-state index in [1.165, 1.54) is 18.4 Å². The second kappa shape index (κ2) is 6.86. The topological polar surface area (TPSA) is 12.0 Å². The monoisotopic (exact) mass is 225 g/mol. The van der Waals surface area contributed by atoms with Crippen molar-refractivity contribution in [2.24, 2.45) is 0 Å². The fourth-order valence-corrected chi connectivity index (χ4v) is 2.04. The Morgan fingerprint density at radius 2 is 1.93 bits per heavy atom. The van der Waals surface area contributed by atoms with Crippen molar-refractivity contribution in [2.45, 2.75) is 38.8 Å². The van der Waals surface area contributed by atoms with Gasteiger partial charge in [-0.05, 0) is 18.9 Å². The van der Waals surface area contributed by atoms with Gasteiger partial charge in [0, 0.05) is 18.0 Å². The van der Waals surface area contributed by atoms with Crippen LogP contribution in [0.2, 0.25) is 0 Å². The number of nitrogens with one attached hydrogen (secondary N) is 1. The molecular weight excluding hydrogens is 206 g/mol. The molecular formula is C13H20ClN. The highest BCUT2D eigenvalue weighted by atomic mass is 35.5. The van der Waals surface area contributed by atoms with Gasteiger partial charge in [0.05, 0.1) is 0 Å². The van der Waals surface area contributed by atoms with Crippen LogP contribution in [0.5, 0.6) is 0 Å². The zero-order valence-electron chi connectivity index (χ0n) is 9.54. The summed E-state index contributed by atoms with van der Waals surface area (Å²) in [5.41, 5.74) is 1.27. The van der Waals surface area contributed by atoms with E-state index < -0.39 is 0 Å². The minimum Gasteiger partial charge on any atom is -0.306 e. The first-order valence-electron chi connectivity index (χ1n) is 5.64. The van der Waals surface area contributed by atoms with Gasteiger partial charge in [-0.15, -0.1) is 11.6 Å². The quantitative estimate of drug-likeness (QED) is 0.728. The number of rotatable bonds is 6. The highest BCUT2D eigenvalue weighted by Crippen LogP contribution is 2.15. The van der Waals surface area contributed by atoms with E-state index in [9.17, 15) is 0 Å². The van der Waals surface area contributed by atoms with Crippen LogP contribution in [0, 0.1) is 0 Å². The molecule has 0 amide bonds. The molecule has 1 rings (SSSR count). The van der Waals surface area contributed by atoms with Crippen molar-refractivity contribution < 1.29 is 0 Å². The van der Waals surface area contributed by atoms with Crippen molar-refractivity contribution in [3.8, 4) is 0 Å². The molecule has 1 nitrogen and oxygen atoms in total. The Hall–Kier alpha value is -0.530. The first-order valence-corrected chi connectivity index (χ1v) is 6.18. The molecule has 0 saturated carbocycles. The lowest BCUT2D eigenvalue weighted by molar-refractivity contribution is 0.455. The Kier molecular flexibility index (Phi) is 5.74. The Bertz CT molecular complexity index is 260. The maximum absolute atomic E-state index is 5.98. The molecule has 0 saturated heterocycles. The molecule has 0 heterocycles. The van der Waals surface area contributed by atoms with E-state index in [2.05, 4.69) is 43.4 Å². The van der Waals surface area contributed by atoms with E-state index >= 15 is 0 Å². The third-order valence-corrected chi connectivity index (χ3v) is 2.87. The van der Waals surface area contributed by atoms with Crippen LogP contribution in [0.3, 0.4) is 0 Å². The molecule has 0 radical (unpaired) electrons. The van der Waals surface area contributed by atoms with Gasteiger partial charge in [-0.3, -0.25) is 0 Å². The number of benzene rings is 1. The second-order valence-corrected chi connectivity index (χ2v) is 4.28. The molecule has 0 spiro atoms. The summed E-state index contributed by atoms with van der Waals surface area (Å²) in [5, 5.41) is 3.55. The number of halogens is 1. The molecule has 0 aliphatic rings. The first-order chi connectivity index (χ1) is 7.27. The lowest BCUT2D eigenvalue weighted by Gasteiger charge is -2.21. The average molecular weight is 226 g/mol. The largest absolute Gasteiger partial charge is 0.306 e. The molecule has 1 aromatic carbocycles. The molecule has 1 aromatic rings. The zero-order chi connectivity index (χ0) is 11.1. The molecule has 2 unspecified atom stereocenters. The van der Waals surface area contributed by atoms with Gasteiger partial charge in [-0.2, -0.15) is 0 Å². The van der Waals surface area contributed by atoms with Gasteiger partial charge < -0.3 is 5.32 Å². The molecule has 0 aliphatic heterocycles. The molecule has 0 fully saturated rings. The lowest BCUT2D eigenvalue weighted by Crippen LogP contribution is -2.31. The minimum atomic E-state index is 0.273. The third kappa shape index (κ3) is 4.23. The Morgan fingerprint density at radius 3 is 2.47 bits per heavy atom. The van der Waals surface area contributed by atoms with Gasteiger partial charge in [0.25, 0.3) is 0 Å². The van der Waals surface area contributed by atoms with Crippen molar-refractivity contribution in [3.63, 3.8) is 0 Å². The number of alkyl halides is 1. The molecule has 15 heavy (non-hydrogen) atoms. The van der Waals surface area contributed by atoms with Gasteiger partial charge in [0.2, 0.25) is 0 Å². The minimum absolute atomic E-state index is 0.273. The molecule has 1 N–H and O–H groups in total. The summed E-state index contributed by atoms with van der Waals surface area (Å²) >= 11 is 5.98. The van der Waals surface area contributed by atoms with E-state index in [1.807, 2.05) is 6.07 Å². The van der Waals surface area contributed by atoms with Crippen LogP contribution >= 0.6 is 11.6 Å². The van der Waals surface area contributed by atoms with Crippen molar-refractivity contribution in [1.29, 1.82) is 0 Å². The normalized spacial score (nSPS) is 14.9. The van der Waals surface area contributed by atoms with Crippen LogP contribution in [0.1, 0.15) is 38.3 Å². The van der Waals surface area contributed by atoms with Gasteiger partial charge in [0.1, 0.15) is 0 Å². The van der Waals surface area contributed by atoms with E-state index in [1.54, 1.807) is 0 Å². The summed E-state index contributed by atoms with van der Waals surface area (Å²) < 4.78 is 0. The van der Waals surface area contributed by atoms with Crippen LogP contribution in [0.4, 0.5) is 0 Å². The van der Waals surface area contributed by atoms with E-state index in [0.717, 1.165) is 0 Å². The van der Waals surface area contributed by atoms with Crippen molar-refractivity contribution in [2.75, 3.05) is 5.88 Å². The van der Waals surface area contributed by atoms with Crippen molar-refractivity contribution in [1.82, 2.24) is 5.32 Å². The molecule has 84 valence electrons. The van der Waals surface area contributed by atoms with E-state index in [4.69, 9.17) is 11.6 Å². The van der Waals surface area contributed by atoms with Gasteiger partial charge >= 0.3 is 0 Å². The predicted molar refractivity (Wildman–Crippen MR) is 67.4 cm³/mol. The summed E-state index contributed by atoms with van der Waals surface area (Å²) in [6, 6.07) is 11.2. The molecule has 0 aromatic heterocycles. The summed E-state index contributed by atoms with van der Waals surface area (Å²) in [5.74, 6) is 0.623. The predicted octanol–water partition coefficient (Wildman–Crippen LogP) is 3.74. The summed E-state index contributed by atoms with van der Waals surface area (Å²) in [4.78, 5) is 0. The smallest absolute Gasteiger partial charge is 0.0459 e. The van der Waals surface area contributed by atoms with Gasteiger partial charge in [0.15, 0.2) is 0 Å². The number of hydrogen-bond acceptors (Lipinski definition) is 1. The molecule has 2 heteroatoms. The van der Waals surface area contributed by atoms with Crippen LogP contribution in [-0.2, 0) is 0 Å². The maximum atomic E-state index is 5.98. The third-order valence-electron chi connectivity index (χ3n) is 2.56. The fourth-order valence-electron chi connectivity index (χ4n) is 1.77. The van der Waals surface area contributed by atoms with Crippen LogP contribution in [-0.4, -0.2) is 11.9 Å². The zero-order valence-corrected chi connectivity index (χ0v) is 10.3. The van der Waals surface area contributed by atoms with Crippen molar-refractivity contribution in [3.05, 3.63) is 35.9 Å². The Morgan fingerprint density at radius 1 is 1.27 bits per heavy atom. The highest BCUT2D eigenvalue weighted by molar-refractivity contribution is 6.18. The summed E-state index contributed by atoms with van der Waals surface area (Å²) in [6.45, 7) is 4.42. The van der Waals surface area contributed by atoms with Crippen LogP contribution < -0.4 is 5.32 Å². The molecule has 0 aliphatic carbocycles. The fraction of sp³-hybridized carbons (Fsp3) is 0.538. The standard InChI is InChI=1S/C13H20ClN/c1-3-7-11(2)15-13(10-14)12-8-5-4-6-9-12/h4-6,8-9,11,13,15H,3,7,10H2,1-2H3. The highest BCUT2D eigenvalue weighted by Gasteiger charge is 2.11. The summed E-state index contributed by atoms with van der Waals surface area (Å²) in [6.07, 6.45) is 2.40. The average Bonchev–Trinajstić information content (AvgIpc) is 2.27. The molecule has 0 bridgehead atoms. The number of hydrogen-bond donors (Lipinski definition) is 1. The second-order valence-electron chi connectivity index (χ2n) is 3.97. The maximum Gasteiger partial charge on any atom is 0.0459 e. The lowest BCUT2D eigenvalue weighted by atomic mass is 10.1. The van der Waals surface area contributed by atoms with E-state index in [-0.39, 0.29) is 6.04 Å². The van der Waals surface area contributed by atoms with Crippen LogP contribution in [0.25, 0.3) is 0 Å².